The van der Waals surface area contributed by atoms with Gasteiger partial charge in [-0.05, 0) is 45.2 Å². The third-order valence-electron chi connectivity index (χ3n) is 4.88. The van der Waals surface area contributed by atoms with E-state index in [1.165, 1.54) is 18.4 Å². The number of aryl methyl sites for hydroxylation is 2. The summed E-state index contributed by atoms with van der Waals surface area (Å²) in [5, 5.41) is 14.0. The molecule has 0 N–H and O–H groups in total. The van der Waals surface area contributed by atoms with Crippen molar-refractivity contribution in [2.45, 2.75) is 56.9 Å². The summed E-state index contributed by atoms with van der Waals surface area (Å²) >= 11 is 1.60. The highest BCUT2D eigenvalue weighted by molar-refractivity contribution is 7.99. The first-order chi connectivity index (χ1) is 13.7. The lowest BCUT2D eigenvalue weighted by Crippen LogP contribution is -2.22. The Morgan fingerprint density at radius 1 is 1.14 bits per heavy atom. The van der Waals surface area contributed by atoms with Crippen molar-refractivity contribution in [3.05, 3.63) is 41.5 Å². The van der Waals surface area contributed by atoms with E-state index in [1.807, 2.05) is 0 Å². The molecule has 3 aromatic rings. The smallest absolute Gasteiger partial charge is 0.239 e. The molecule has 1 unspecified atom stereocenters. The molecule has 0 bridgehead atoms. The molecular formula is C20H26N6OS. The van der Waals surface area contributed by atoms with Crippen LogP contribution in [0.4, 0.5) is 5.95 Å². The van der Waals surface area contributed by atoms with Gasteiger partial charge in [0.1, 0.15) is 0 Å². The molecular weight excluding hydrogens is 372 g/mol. The quantitative estimate of drug-likeness (QED) is 0.547. The van der Waals surface area contributed by atoms with E-state index in [4.69, 9.17) is 4.52 Å². The Morgan fingerprint density at radius 3 is 2.61 bits per heavy atom. The van der Waals surface area contributed by atoms with E-state index in [-0.39, 0.29) is 5.25 Å². The predicted molar refractivity (Wildman–Crippen MR) is 110 cm³/mol. The lowest BCUT2D eigenvalue weighted by molar-refractivity contribution is 0.374. The van der Waals surface area contributed by atoms with Crippen LogP contribution in [-0.4, -0.2) is 38.0 Å². The number of hydrogen-bond donors (Lipinski definition) is 0. The van der Waals surface area contributed by atoms with Crippen LogP contribution >= 0.6 is 11.8 Å². The average molecular weight is 399 g/mol. The minimum Gasteiger partial charge on any atom is -0.341 e. The van der Waals surface area contributed by atoms with Gasteiger partial charge < -0.3 is 9.42 Å². The Morgan fingerprint density at radius 2 is 1.89 bits per heavy atom. The maximum Gasteiger partial charge on any atom is 0.239 e. The van der Waals surface area contributed by atoms with Gasteiger partial charge in [-0.3, -0.25) is 4.57 Å². The van der Waals surface area contributed by atoms with Gasteiger partial charge >= 0.3 is 0 Å². The van der Waals surface area contributed by atoms with Gasteiger partial charge in [0.25, 0.3) is 0 Å². The van der Waals surface area contributed by atoms with Gasteiger partial charge in [0.15, 0.2) is 11.0 Å². The van der Waals surface area contributed by atoms with Crippen LogP contribution in [0.2, 0.25) is 0 Å². The summed E-state index contributed by atoms with van der Waals surface area (Å²) < 4.78 is 7.62. The second-order valence-corrected chi connectivity index (χ2v) is 8.51. The van der Waals surface area contributed by atoms with Crippen LogP contribution in [0.1, 0.15) is 55.6 Å². The summed E-state index contributed by atoms with van der Waals surface area (Å²) in [5.41, 5.74) is 2.31. The van der Waals surface area contributed by atoms with Gasteiger partial charge in [0, 0.05) is 19.5 Å². The first-order valence-corrected chi connectivity index (χ1v) is 10.8. The largest absolute Gasteiger partial charge is 0.341 e. The third kappa shape index (κ3) is 3.92. The maximum atomic E-state index is 5.47. The number of thioether (sulfide) groups is 1. The van der Waals surface area contributed by atoms with Gasteiger partial charge in [-0.25, -0.2) is 0 Å². The van der Waals surface area contributed by atoms with E-state index in [0.717, 1.165) is 48.5 Å². The summed E-state index contributed by atoms with van der Waals surface area (Å²) in [6.07, 6.45) is 4.23. The fraction of sp³-hybridized carbons (Fsp3) is 0.500. The summed E-state index contributed by atoms with van der Waals surface area (Å²) in [7, 11) is 0. The Hall–Kier alpha value is -2.35. The van der Waals surface area contributed by atoms with Crippen molar-refractivity contribution in [3.8, 4) is 5.69 Å². The molecule has 3 heterocycles. The fourth-order valence-corrected chi connectivity index (χ4v) is 4.24. The highest BCUT2D eigenvalue weighted by Crippen LogP contribution is 2.36. The number of aromatic nitrogens is 5. The van der Waals surface area contributed by atoms with Gasteiger partial charge in [-0.2, -0.15) is 4.98 Å². The van der Waals surface area contributed by atoms with Crippen LogP contribution in [0.5, 0.6) is 0 Å². The van der Waals surface area contributed by atoms with Gasteiger partial charge in [0.2, 0.25) is 11.8 Å². The van der Waals surface area contributed by atoms with Crippen molar-refractivity contribution in [2.75, 3.05) is 18.0 Å². The molecule has 8 heteroatoms. The molecule has 1 saturated heterocycles. The molecule has 0 saturated carbocycles. The van der Waals surface area contributed by atoms with Crippen LogP contribution in [0, 0.1) is 6.92 Å². The predicted octanol–water partition coefficient (Wildman–Crippen LogP) is 4.36. The van der Waals surface area contributed by atoms with Crippen molar-refractivity contribution in [2.24, 2.45) is 0 Å². The van der Waals surface area contributed by atoms with Gasteiger partial charge in [0.05, 0.1) is 10.9 Å². The molecule has 0 amide bonds. The second-order valence-electron chi connectivity index (χ2n) is 7.21. The second kappa shape index (κ2) is 8.34. The van der Waals surface area contributed by atoms with Crippen LogP contribution in [0.15, 0.2) is 33.9 Å². The normalized spacial score (nSPS) is 15.3. The zero-order chi connectivity index (χ0) is 19.5. The molecule has 28 heavy (non-hydrogen) atoms. The summed E-state index contributed by atoms with van der Waals surface area (Å²) in [6.45, 7) is 8.32. The first kappa shape index (κ1) is 19.0. The summed E-state index contributed by atoms with van der Waals surface area (Å²) in [6, 6.07) is 8.49. The van der Waals surface area contributed by atoms with Crippen LogP contribution in [-0.2, 0) is 6.42 Å². The van der Waals surface area contributed by atoms with E-state index in [2.05, 4.69) is 74.8 Å². The number of benzene rings is 1. The SMILES string of the molecule is CCCc1noc(C(C)Sc2nnc(N3CCCC3)n2-c2ccc(C)cc2)n1. The summed E-state index contributed by atoms with van der Waals surface area (Å²) in [5.74, 6) is 2.31. The number of anilines is 1. The minimum atomic E-state index is -0.00191. The Bertz CT molecular complexity index is 913. The molecule has 148 valence electrons. The number of hydrogen-bond acceptors (Lipinski definition) is 7. The molecule has 1 aliphatic heterocycles. The van der Waals surface area contributed by atoms with Gasteiger partial charge in [-0.15, -0.1) is 10.2 Å². The number of rotatable bonds is 7. The topological polar surface area (TPSA) is 72.9 Å². The highest BCUT2D eigenvalue weighted by Gasteiger charge is 2.25. The van der Waals surface area contributed by atoms with Crippen molar-refractivity contribution in [1.82, 2.24) is 24.9 Å². The van der Waals surface area contributed by atoms with E-state index < -0.39 is 0 Å². The van der Waals surface area contributed by atoms with Crippen LogP contribution in [0.25, 0.3) is 5.69 Å². The first-order valence-electron chi connectivity index (χ1n) is 9.92. The molecule has 1 aromatic carbocycles. The maximum absolute atomic E-state index is 5.47. The Labute approximate surface area is 169 Å². The van der Waals surface area contributed by atoms with Gasteiger partial charge in [-0.1, -0.05) is 41.5 Å². The van der Waals surface area contributed by atoms with Crippen LogP contribution < -0.4 is 4.90 Å². The van der Waals surface area contributed by atoms with Crippen LogP contribution in [0.3, 0.4) is 0 Å². The molecule has 2 aromatic heterocycles. The molecule has 1 aliphatic rings. The fourth-order valence-electron chi connectivity index (χ4n) is 3.35. The molecule has 1 fully saturated rings. The summed E-state index contributed by atoms with van der Waals surface area (Å²) in [4.78, 5) is 6.84. The molecule has 4 rings (SSSR count). The Balaban J connectivity index is 1.64. The highest BCUT2D eigenvalue weighted by atomic mass is 32.2. The molecule has 1 atom stereocenters. The van der Waals surface area contributed by atoms with Crippen molar-refractivity contribution in [3.63, 3.8) is 0 Å². The third-order valence-corrected chi connectivity index (χ3v) is 5.91. The molecule has 0 spiro atoms. The zero-order valence-corrected chi connectivity index (χ0v) is 17.4. The monoisotopic (exact) mass is 398 g/mol. The standard InChI is InChI=1S/C20H26N6OS/c1-4-7-17-21-18(27-24-17)15(3)28-20-23-22-19(25-12-5-6-13-25)26(20)16-10-8-14(2)9-11-16/h8-11,15H,4-7,12-13H2,1-3H3. The van der Waals surface area contributed by atoms with E-state index in [0.29, 0.717) is 5.89 Å². The van der Waals surface area contributed by atoms with E-state index in [9.17, 15) is 0 Å². The lowest BCUT2D eigenvalue weighted by Gasteiger charge is -2.19. The average Bonchev–Trinajstić information content (AvgIpc) is 3.43. The van der Waals surface area contributed by atoms with Crippen molar-refractivity contribution >= 4 is 17.7 Å². The lowest BCUT2D eigenvalue weighted by atomic mass is 10.2. The molecule has 0 radical (unpaired) electrons. The zero-order valence-electron chi connectivity index (χ0n) is 16.6. The number of nitrogens with zero attached hydrogens (tertiary/aromatic N) is 6. The minimum absolute atomic E-state index is 0.00191. The molecule has 7 nitrogen and oxygen atoms in total. The van der Waals surface area contributed by atoms with E-state index >= 15 is 0 Å². The molecule has 0 aliphatic carbocycles. The Kier molecular flexibility index (Phi) is 5.66. The van der Waals surface area contributed by atoms with E-state index in [1.54, 1.807) is 11.8 Å². The van der Waals surface area contributed by atoms with Crippen molar-refractivity contribution in [1.29, 1.82) is 0 Å². The van der Waals surface area contributed by atoms with Crippen molar-refractivity contribution < 1.29 is 4.52 Å².